The Morgan fingerprint density at radius 2 is 1.87 bits per heavy atom. The number of benzene rings is 1. The van der Waals surface area contributed by atoms with Gasteiger partial charge in [-0.25, -0.2) is 5.10 Å². The molecule has 0 unspecified atom stereocenters. The molecule has 0 bridgehead atoms. The monoisotopic (exact) mass is 424 g/mol. The highest BCUT2D eigenvalue weighted by molar-refractivity contribution is 6.00. The molecule has 158 valence electrons. The lowest BCUT2D eigenvalue weighted by atomic mass is 10.0. The van der Waals surface area contributed by atoms with Crippen LogP contribution in [0.15, 0.2) is 65.3 Å². The fourth-order valence-electron chi connectivity index (χ4n) is 2.79. The van der Waals surface area contributed by atoms with Gasteiger partial charge in [-0.3, -0.25) is 5.01 Å². The third kappa shape index (κ3) is 4.61. The SMILES string of the molecule is C=C1/C=C\C(C(F)(F)c2nnn[nH]2)=C/CN(Cc2ccccc2C(F)(F)F)/N=C\1C. The number of alkyl halides is 5. The van der Waals surface area contributed by atoms with Gasteiger partial charge in [-0.2, -0.15) is 27.1 Å². The smallest absolute Gasteiger partial charge is 0.289 e. The average Bonchev–Trinajstić information content (AvgIpc) is 3.23. The third-order valence-corrected chi connectivity index (χ3v) is 4.42. The average molecular weight is 424 g/mol. The zero-order chi connectivity index (χ0) is 21.9. The van der Waals surface area contributed by atoms with Crippen molar-refractivity contribution in [2.75, 3.05) is 6.54 Å². The predicted molar refractivity (Wildman–Crippen MR) is 99.4 cm³/mol. The highest BCUT2D eigenvalue weighted by Gasteiger charge is 2.39. The standard InChI is InChI=1S/C19H17F5N6/c1-12-7-8-15(18(20,21)17-25-28-29-26-17)9-10-30(27-13(12)2)11-14-5-3-4-6-16(14)19(22,23)24/h3-9H,1,10-11H2,2H3,(H,25,26,28,29)/b8-7-,15-9+,27-13-. The number of hydrogen-bond donors (Lipinski definition) is 1. The summed E-state index contributed by atoms with van der Waals surface area (Å²) in [6.45, 7) is 4.96. The second kappa shape index (κ2) is 8.17. The van der Waals surface area contributed by atoms with Crippen LogP contribution in [-0.4, -0.2) is 37.9 Å². The molecule has 30 heavy (non-hydrogen) atoms. The summed E-state index contributed by atoms with van der Waals surface area (Å²) in [5.41, 5.74) is -0.558. The van der Waals surface area contributed by atoms with Crippen molar-refractivity contribution in [1.29, 1.82) is 0 Å². The van der Waals surface area contributed by atoms with Crippen molar-refractivity contribution in [3.8, 4) is 0 Å². The van der Waals surface area contributed by atoms with Crippen LogP contribution in [0, 0.1) is 0 Å². The van der Waals surface area contributed by atoms with Gasteiger partial charge in [0.15, 0.2) is 0 Å². The van der Waals surface area contributed by atoms with Crippen molar-refractivity contribution in [3.63, 3.8) is 0 Å². The molecule has 1 aromatic carbocycles. The van der Waals surface area contributed by atoms with Gasteiger partial charge in [-0.15, -0.1) is 5.10 Å². The summed E-state index contributed by atoms with van der Waals surface area (Å²) in [7, 11) is 0. The summed E-state index contributed by atoms with van der Waals surface area (Å²) in [6, 6.07) is 5.06. The summed E-state index contributed by atoms with van der Waals surface area (Å²) < 4.78 is 69.5. The molecule has 1 aliphatic rings. The number of halogens is 5. The Labute approximate surface area is 168 Å². The molecule has 0 saturated heterocycles. The molecule has 0 radical (unpaired) electrons. The van der Waals surface area contributed by atoms with E-state index in [4.69, 9.17) is 0 Å². The van der Waals surface area contributed by atoms with Crippen molar-refractivity contribution in [2.45, 2.75) is 25.6 Å². The van der Waals surface area contributed by atoms with Crippen LogP contribution < -0.4 is 0 Å². The number of nitrogens with zero attached hydrogens (tertiary/aromatic N) is 5. The van der Waals surface area contributed by atoms with E-state index >= 15 is 0 Å². The van der Waals surface area contributed by atoms with E-state index in [-0.39, 0.29) is 18.7 Å². The first-order valence-electron chi connectivity index (χ1n) is 8.74. The molecule has 0 fully saturated rings. The molecule has 1 aromatic heterocycles. The molecule has 2 aromatic rings. The van der Waals surface area contributed by atoms with Crippen LogP contribution in [-0.2, 0) is 18.6 Å². The molecule has 0 aliphatic carbocycles. The van der Waals surface area contributed by atoms with Gasteiger partial charge in [0, 0.05) is 5.57 Å². The summed E-state index contributed by atoms with van der Waals surface area (Å²) in [5.74, 6) is -4.30. The maximum absolute atomic E-state index is 14.8. The van der Waals surface area contributed by atoms with Gasteiger partial charge >= 0.3 is 12.1 Å². The molecule has 6 nitrogen and oxygen atoms in total. The highest BCUT2D eigenvalue weighted by Crippen LogP contribution is 2.35. The van der Waals surface area contributed by atoms with Crippen LogP contribution in [0.4, 0.5) is 22.0 Å². The van der Waals surface area contributed by atoms with E-state index in [0.29, 0.717) is 11.3 Å². The first-order chi connectivity index (χ1) is 14.1. The zero-order valence-electron chi connectivity index (χ0n) is 15.8. The number of nitrogens with one attached hydrogen (secondary N) is 1. The molecule has 2 heterocycles. The summed E-state index contributed by atoms with van der Waals surface area (Å²) >= 11 is 0. The van der Waals surface area contributed by atoms with Crippen LogP contribution in [0.3, 0.4) is 0 Å². The molecule has 11 heteroatoms. The Bertz CT molecular complexity index is 1000. The Morgan fingerprint density at radius 3 is 2.53 bits per heavy atom. The number of rotatable bonds is 4. The van der Waals surface area contributed by atoms with Crippen molar-refractivity contribution in [1.82, 2.24) is 25.6 Å². The quantitative estimate of drug-likeness (QED) is 0.746. The van der Waals surface area contributed by atoms with E-state index in [1.807, 2.05) is 5.10 Å². The molecule has 0 spiro atoms. The lowest BCUT2D eigenvalue weighted by Crippen LogP contribution is -2.23. The predicted octanol–water partition coefficient (Wildman–Crippen LogP) is 4.24. The lowest BCUT2D eigenvalue weighted by molar-refractivity contribution is -0.138. The molecule has 3 rings (SSSR count). The minimum Gasteiger partial charge on any atom is -0.289 e. The van der Waals surface area contributed by atoms with Crippen LogP contribution >= 0.6 is 0 Å². The van der Waals surface area contributed by atoms with E-state index in [1.54, 1.807) is 6.92 Å². The number of aromatic nitrogens is 4. The number of tetrazole rings is 1. The Balaban J connectivity index is 1.97. The van der Waals surface area contributed by atoms with E-state index in [1.165, 1.54) is 35.4 Å². The fourth-order valence-corrected chi connectivity index (χ4v) is 2.79. The second-order valence-electron chi connectivity index (χ2n) is 6.53. The van der Waals surface area contributed by atoms with E-state index in [9.17, 15) is 22.0 Å². The Morgan fingerprint density at radius 1 is 1.13 bits per heavy atom. The van der Waals surface area contributed by atoms with E-state index in [0.717, 1.165) is 12.1 Å². The summed E-state index contributed by atoms with van der Waals surface area (Å²) in [6.07, 6.45) is -0.857. The second-order valence-corrected chi connectivity index (χ2v) is 6.53. The zero-order valence-corrected chi connectivity index (χ0v) is 15.8. The summed E-state index contributed by atoms with van der Waals surface area (Å²) in [5, 5.41) is 17.2. The van der Waals surface area contributed by atoms with E-state index < -0.39 is 29.1 Å². The molecule has 0 atom stereocenters. The van der Waals surface area contributed by atoms with Gasteiger partial charge < -0.3 is 0 Å². The maximum Gasteiger partial charge on any atom is 0.416 e. The molecule has 0 saturated carbocycles. The van der Waals surface area contributed by atoms with Crippen LogP contribution in [0.25, 0.3) is 0 Å². The first kappa shape index (κ1) is 21.3. The van der Waals surface area contributed by atoms with Gasteiger partial charge in [0.05, 0.1) is 24.4 Å². The van der Waals surface area contributed by atoms with Gasteiger partial charge in [0.1, 0.15) is 0 Å². The molecule has 1 aliphatic heterocycles. The molecule has 1 N–H and O–H groups in total. The Hall–Kier alpha value is -3.37. The van der Waals surface area contributed by atoms with Crippen molar-refractivity contribution < 1.29 is 22.0 Å². The number of H-pyrrole nitrogens is 1. The first-order valence-corrected chi connectivity index (χ1v) is 8.74. The third-order valence-electron chi connectivity index (χ3n) is 4.42. The van der Waals surface area contributed by atoms with Gasteiger partial charge in [-0.1, -0.05) is 43.0 Å². The van der Waals surface area contributed by atoms with Gasteiger partial charge in [0.2, 0.25) is 5.82 Å². The van der Waals surface area contributed by atoms with Gasteiger partial charge in [-0.05, 0) is 34.6 Å². The Kier molecular flexibility index (Phi) is 5.81. The fraction of sp³-hybridized carbons (Fsp3) is 0.263. The van der Waals surface area contributed by atoms with Crippen LogP contribution in [0.1, 0.15) is 23.9 Å². The molecular weight excluding hydrogens is 407 g/mol. The van der Waals surface area contributed by atoms with Crippen LogP contribution in [0.2, 0.25) is 0 Å². The van der Waals surface area contributed by atoms with Crippen molar-refractivity contribution in [2.24, 2.45) is 5.10 Å². The number of allylic oxidation sites excluding steroid dienone is 4. The highest BCUT2D eigenvalue weighted by atomic mass is 19.4. The van der Waals surface area contributed by atoms with E-state index in [2.05, 4.69) is 27.2 Å². The minimum atomic E-state index is -4.55. The van der Waals surface area contributed by atoms with Crippen molar-refractivity contribution >= 4 is 5.71 Å². The maximum atomic E-state index is 14.8. The van der Waals surface area contributed by atoms with Crippen LogP contribution in [0.5, 0.6) is 0 Å². The summed E-state index contributed by atoms with van der Waals surface area (Å²) in [4.78, 5) is 0. The minimum absolute atomic E-state index is 0.0273. The number of hydrogen-bond acceptors (Lipinski definition) is 5. The lowest BCUT2D eigenvalue weighted by Gasteiger charge is -2.22. The van der Waals surface area contributed by atoms with Crippen molar-refractivity contribution in [3.05, 3.63) is 77.2 Å². The number of aromatic amines is 1. The van der Waals surface area contributed by atoms with Gasteiger partial charge in [0.25, 0.3) is 0 Å². The molecule has 0 amide bonds. The normalized spacial score (nSPS) is 20.5. The molecular formula is C19H17F5N6. The topological polar surface area (TPSA) is 70.1 Å². The number of hydrazone groups is 1. The largest absolute Gasteiger partial charge is 0.416 e.